The molecule has 0 aromatic heterocycles. The lowest BCUT2D eigenvalue weighted by Crippen LogP contribution is -2.45. The molecule has 0 spiro atoms. The molecule has 2 unspecified atom stereocenters. The van der Waals surface area contributed by atoms with Crippen LogP contribution in [0.5, 0.6) is 0 Å². The Kier molecular flexibility index (Phi) is 55.6. The number of esters is 1. The van der Waals surface area contributed by atoms with Crippen molar-refractivity contribution in [3.63, 3.8) is 0 Å². The zero-order chi connectivity index (χ0) is 49.3. The van der Waals surface area contributed by atoms with Gasteiger partial charge in [0.05, 0.1) is 25.4 Å². The Balaban J connectivity index is 3.43. The second kappa shape index (κ2) is 57.4. The van der Waals surface area contributed by atoms with E-state index in [1.165, 1.54) is 218 Å². The van der Waals surface area contributed by atoms with E-state index in [-0.39, 0.29) is 18.5 Å². The van der Waals surface area contributed by atoms with Crippen molar-refractivity contribution in [3.8, 4) is 0 Å². The number of rotatable bonds is 55. The fourth-order valence-corrected chi connectivity index (χ4v) is 8.98. The highest BCUT2D eigenvalue weighted by atomic mass is 16.5. The summed E-state index contributed by atoms with van der Waals surface area (Å²) in [6.07, 6.45) is 72.6. The molecule has 0 aliphatic heterocycles. The number of nitrogens with one attached hydrogen (secondary N) is 1. The standard InChI is InChI=1S/C62H115NO5/c1-3-5-7-9-11-13-15-17-32-36-40-44-48-52-56-62(67)68-57-53-49-45-41-37-33-30-28-26-24-22-20-18-19-21-23-25-27-29-31-35-39-43-47-51-55-61(66)63-59(58-64)60(65)54-50-46-42-38-34-16-14-12-10-8-6-4-2/h9,11,15,17,19-22,59-60,64-65H,3-8,10,12-14,16,18,23-58H2,1-2H3,(H,63,66)/b11-9-,17-15-,21-19-,22-20-. The third-order valence-corrected chi connectivity index (χ3v) is 13.6. The van der Waals surface area contributed by atoms with Gasteiger partial charge in [0.25, 0.3) is 0 Å². The average Bonchev–Trinajstić information content (AvgIpc) is 3.34. The predicted octanol–water partition coefficient (Wildman–Crippen LogP) is 18.6. The molecule has 0 fully saturated rings. The highest BCUT2D eigenvalue weighted by Crippen LogP contribution is 2.16. The van der Waals surface area contributed by atoms with E-state index in [0.717, 1.165) is 57.8 Å². The van der Waals surface area contributed by atoms with Gasteiger partial charge in [0.1, 0.15) is 0 Å². The van der Waals surface area contributed by atoms with Crippen molar-refractivity contribution in [2.24, 2.45) is 0 Å². The molecule has 2 atom stereocenters. The van der Waals surface area contributed by atoms with Crippen LogP contribution in [-0.4, -0.2) is 47.4 Å². The van der Waals surface area contributed by atoms with Gasteiger partial charge in [-0.25, -0.2) is 0 Å². The Morgan fingerprint density at radius 1 is 0.412 bits per heavy atom. The Bertz CT molecular complexity index is 1150. The van der Waals surface area contributed by atoms with Gasteiger partial charge in [0, 0.05) is 12.8 Å². The summed E-state index contributed by atoms with van der Waals surface area (Å²) in [4.78, 5) is 24.5. The summed E-state index contributed by atoms with van der Waals surface area (Å²) in [6.45, 7) is 4.90. The van der Waals surface area contributed by atoms with Crippen molar-refractivity contribution in [2.75, 3.05) is 13.2 Å². The number of unbranched alkanes of at least 4 members (excludes halogenated alkanes) is 36. The lowest BCUT2D eigenvalue weighted by Gasteiger charge is -2.22. The first-order chi connectivity index (χ1) is 33.5. The Labute approximate surface area is 423 Å². The number of aliphatic hydroxyl groups is 2. The van der Waals surface area contributed by atoms with Gasteiger partial charge in [-0.3, -0.25) is 9.59 Å². The molecule has 0 aromatic rings. The summed E-state index contributed by atoms with van der Waals surface area (Å²) in [7, 11) is 0. The largest absolute Gasteiger partial charge is 0.466 e. The van der Waals surface area contributed by atoms with Crippen LogP contribution in [0.15, 0.2) is 48.6 Å². The molecule has 0 aliphatic carbocycles. The van der Waals surface area contributed by atoms with Gasteiger partial charge in [-0.2, -0.15) is 0 Å². The lowest BCUT2D eigenvalue weighted by molar-refractivity contribution is -0.143. The Hall–Kier alpha value is -2.18. The molecular weight excluding hydrogens is 839 g/mol. The lowest BCUT2D eigenvalue weighted by atomic mass is 10.0. The molecule has 6 heteroatoms. The summed E-state index contributed by atoms with van der Waals surface area (Å²) in [5, 5.41) is 23.2. The topological polar surface area (TPSA) is 95.9 Å². The Morgan fingerprint density at radius 2 is 0.750 bits per heavy atom. The maximum atomic E-state index is 12.4. The van der Waals surface area contributed by atoms with Crippen molar-refractivity contribution in [2.45, 2.75) is 321 Å². The van der Waals surface area contributed by atoms with Crippen LogP contribution in [0.3, 0.4) is 0 Å². The van der Waals surface area contributed by atoms with E-state index in [9.17, 15) is 19.8 Å². The van der Waals surface area contributed by atoms with Gasteiger partial charge in [-0.1, -0.05) is 262 Å². The van der Waals surface area contributed by atoms with Gasteiger partial charge in [0.15, 0.2) is 0 Å². The van der Waals surface area contributed by atoms with Crippen molar-refractivity contribution in [3.05, 3.63) is 48.6 Å². The first kappa shape index (κ1) is 65.8. The second-order valence-corrected chi connectivity index (χ2v) is 20.3. The molecule has 68 heavy (non-hydrogen) atoms. The first-order valence-electron chi connectivity index (χ1n) is 29.9. The van der Waals surface area contributed by atoms with E-state index in [1.807, 2.05) is 0 Å². The number of carbonyl (C=O) groups is 2. The van der Waals surface area contributed by atoms with Gasteiger partial charge < -0.3 is 20.3 Å². The number of amides is 1. The number of carbonyl (C=O) groups excluding carboxylic acids is 2. The average molecular weight is 955 g/mol. The van der Waals surface area contributed by atoms with Gasteiger partial charge >= 0.3 is 5.97 Å². The van der Waals surface area contributed by atoms with Crippen LogP contribution in [0.25, 0.3) is 0 Å². The quantitative estimate of drug-likeness (QED) is 0.0321. The highest BCUT2D eigenvalue weighted by Gasteiger charge is 2.20. The van der Waals surface area contributed by atoms with Crippen LogP contribution in [-0.2, 0) is 14.3 Å². The van der Waals surface area contributed by atoms with Crippen molar-refractivity contribution in [1.29, 1.82) is 0 Å². The molecule has 0 bridgehead atoms. The van der Waals surface area contributed by atoms with Gasteiger partial charge in [0.2, 0.25) is 5.91 Å². The van der Waals surface area contributed by atoms with E-state index in [2.05, 4.69) is 67.8 Å². The zero-order valence-electron chi connectivity index (χ0n) is 45.3. The number of allylic oxidation sites excluding steroid dienone is 8. The molecule has 0 heterocycles. The monoisotopic (exact) mass is 954 g/mol. The minimum absolute atomic E-state index is 0.00613. The number of hydrogen-bond donors (Lipinski definition) is 3. The summed E-state index contributed by atoms with van der Waals surface area (Å²) >= 11 is 0. The number of hydrogen-bond acceptors (Lipinski definition) is 5. The van der Waals surface area contributed by atoms with Crippen LogP contribution >= 0.6 is 0 Å². The fourth-order valence-electron chi connectivity index (χ4n) is 8.98. The molecule has 0 aliphatic rings. The van der Waals surface area contributed by atoms with E-state index < -0.39 is 12.1 Å². The van der Waals surface area contributed by atoms with Crippen molar-refractivity contribution >= 4 is 11.9 Å². The second-order valence-electron chi connectivity index (χ2n) is 20.3. The third-order valence-electron chi connectivity index (χ3n) is 13.6. The van der Waals surface area contributed by atoms with Crippen LogP contribution in [0.1, 0.15) is 309 Å². The number of aliphatic hydroxyl groups excluding tert-OH is 2. The van der Waals surface area contributed by atoms with E-state index in [1.54, 1.807) is 0 Å². The molecule has 398 valence electrons. The van der Waals surface area contributed by atoms with Gasteiger partial charge in [-0.15, -0.1) is 0 Å². The molecule has 0 rings (SSSR count). The summed E-state index contributed by atoms with van der Waals surface area (Å²) in [5.41, 5.74) is 0. The van der Waals surface area contributed by atoms with E-state index in [0.29, 0.717) is 25.9 Å². The number of ether oxygens (including phenoxy) is 1. The highest BCUT2D eigenvalue weighted by molar-refractivity contribution is 5.76. The summed E-state index contributed by atoms with van der Waals surface area (Å²) in [5.74, 6) is -0.0481. The van der Waals surface area contributed by atoms with Crippen LogP contribution in [0.4, 0.5) is 0 Å². The van der Waals surface area contributed by atoms with Crippen LogP contribution in [0.2, 0.25) is 0 Å². The predicted molar refractivity (Wildman–Crippen MR) is 296 cm³/mol. The van der Waals surface area contributed by atoms with Gasteiger partial charge in [-0.05, 0) is 83.5 Å². The van der Waals surface area contributed by atoms with E-state index >= 15 is 0 Å². The third kappa shape index (κ3) is 53.2. The molecule has 3 N–H and O–H groups in total. The van der Waals surface area contributed by atoms with Crippen LogP contribution < -0.4 is 5.32 Å². The fraction of sp³-hybridized carbons (Fsp3) is 0.839. The van der Waals surface area contributed by atoms with E-state index in [4.69, 9.17) is 4.74 Å². The Morgan fingerprint density at radius 3 is 1.16 bits per heavy atom. The molecule has 0 saturated carbocycles. The normalized spacial score (nSPS) is 12.9. The molecule has 6 nitrogen and oxygen atoms in total. The summed E-state index contributed by atoms with van der Waals surface area (Å²) in [6, 6.07) is -0.546. The summed E-state index contributed by atoms with van der Waals surface area (Å²) < 4.78 is 5.46. The molecule has 1 amide bonds. The smallest absolute Gasteiger partial charge is 0.305 e. The molecule has 0 aromatic carbocycles. The maximum Gasteiger partial charge on any atom is 0.305 e. The zero-order valence-corrected chi connectivity index (χ0v) is 45.3. The molecule has 0 saturated heterocycles. The minimum Gasteiger partial charge on any atom is -0.466 e. The first-order valence-corrected chi connectivity index (χ1v) is 29.9. The van der Waals surface area contributed by atoms with Crippen LogP contribution in [0, 0.1) is 0 Å². The SMILES string of the molecule is CCCC/C=C\C/C=C\CCCCCCCC(=O)OCCCCCCCCCCC/C=C\C/C=C\CCCCCCCCCCCC(=O)NC(CO)C(O)CCCCCCCCCCCCCC. The minimum atomic E-state index is -0.668. The molecular formula is C62H115NO5. The molecule has 0 radical (unpaired) electrons. The maximum absolute atomic E-state index is 12.4. The van der Waals surface area contributed by atoms with Crippen molar-refractivity contribution < 1.29 is 24.5 Å². The van der Waals surface area contributed by atoms with Crippen molar-refractivity contribution in [1.82, 2.24) is 5.32 Å².